The Bertz CT molecular complexity index is 567. The predicted molar refractivity (Wildman–Crippen MR) is 67.7 cm³/mol. The van der Waals surface area contributed by atoms with Gasteiger partial charge >= 0.3 is 6.18 Å². The number of nitrogens with zero attached hydrogens (tertiary/aromatic N) is 2. The van der Waals surface area contributed by atoms with Crippen molar-refractivity contribution in [2.75, 3.05) is 0 Å². The van der Waals surface area contributed by atoms with Crippen LogP contribution in [0.1, 0.15) is 25.7 Å². The zero-order chi connectivity index (χ0) is 14.9. The molecular formula is C12H14ClF3N4. The van der Waals surface area contributed by atoms with Crippen LogP contribution in [0.2, 0.25) is 5.15 Å². The molecule has 110 valence electrons. The lowest BCUT2D eigenvalue weighted by Crippen LogP contribution is -2.37. The van der Waals surface area contributed by atoms with E-state index in [1.54, 1.807) is 0 Å². The van der Waals surface area contributed by atoms with Crippen molar-refractivity contribution in [2.24, 2.45) is 11.8 Å². The fraction of sp³-hybridized carbons (Fsp3) is 0.583. The molecule has 2 N–H and O–H groups in total. The van der Waals surface area contributed by atoms with Crippen LogP contribution in [0.15, 0.2) is 12.4 Å². The van der Waals surface area contributed by atoms with Crippen molar-refractivity contribution in [3.8, 4) is 0 Å². The number of nitrogens with one attached hydrogen (secondary N) is 2. The summed E-state index contributed by atoms with van der Waals surface area (Å²) in [6, 6.07) is 0. The first-order valence-corrected chi connectivity index (χ1v) is 6.61. The summed E-state index contributed by atoms with van der Waals surface area (Å²) in [7, 11) is 0. The minimum atomic E-state index is -4.22. The molecule has 0 aliphatic heterocycles. The van der Waals surface area contributed by atoms with E-state index in [-0.39, 0.29) is 29.3 Å². The summed E-state index contributed by atoms with van der Waals surface area (Å²) < 4.78 is 39.5. The van der Waals surface area contributed by atoms with Gasteiger partial charge in [-0.1, -0.05) is 18.0 Å². The van der Waals surface area contributed by atoms with Crippen LogP contribution in [0, 0.1) is 22.7 Å². The Labute approximate surface area is 118 Å². The van der Waals surface area contributed by atoms with E-state index in [0.717, 1.165) is 0 Å². The summed E-state index contributed by atoms with van der Waals surface area (Å²) in [5.41, 5.74) is -0.173. The Morgan fingerprint density at radius 3 is 2.75 bits per heavy atom. The third-order valence-corrected chi connectivity index (χ3v) is 3.90. The fourth-order valence-electron chi connectivity index (χ4n) is 2.53. The molecule has 1 aromatic rings. The lowest BCUT2D eigenvalue weighted by molar-refractivity contribution is -0.183. The maximum absolute atomic E-state index is 12.8. The SMILES string of the molecule is N=C(C1CCCC(C(F)(F)F)C1)n1ccnc(Cl)c1=N. The van der Waals surface area contributed by atoms with E-state index in [9.17, 15) is 13.2 Å². The Balaban J connectivity index is 2.21. The van der Waals surface area contributed by atoms with Crippen molar-refractivity contribution in [1.29, 1.82) is 10.8 Å². The first-order chi connectivity index (χ1) is 9.30. The molecule has 8 heteroatoms. The van der Waals surface area contributed by atoms with Gasteiger partial charge in [-0.15, -0.1) is 0 Å². The molecule has 1 aliphatic rings. The van der Waals surface area contributed by atoms with Crippen LogP contribution in [0.5, 0.6) is 0 Å². The van der Waals surface area contributed by atoms with Crippen molar-refractivity contribution in [3.05, 3.63) is 23.0 Å². The van der Waals surface area contributed by atoms with Crippen LogP contribution in [0.3, 0.4) is 0 Å². The van der Waals surface area contributed by atoms with Gasteiger partial charge in [0.15, 0.2) is 10.6 Å². The summed E-state index contributed by atoms with van der Waals surface area (Å²) in [6.45, 7) is 0. The van der Waals surface area contributed by atoms with Crippen LogP contribution >= 0.6 is 11.6 Å². The van der Waals surface area contributed by atoms with Gasteiger partial charge in [0.2, 0.25) is 0 Å². The molecule has 2 atom stereocenters. The second-order valence-electron chi connectivity index (χ2n) is 4.92. The van der Waals surface area contributed by atoms with Gasteiger partial charge in [-0.25, -0.2) is 4.98 Å². The molecule has 20 heavy (non-hydrogen) atoms. The number of aromatic nitrogens is 2. The topological polar surface area (TPSA) is 65.5 Å². The zero-order valence-electron chi connectivity index (χ0n) is 10.5. The van der Waals surface area contributed by atoms with Gasteiger partial charge in [-0.3, -0.25) is 15.4 Å². The average Bonchev–Trinajstić information content (AvgIpc) is 2.40. The van der Waals surface area contributed by atoms with Crippen molar-refractivity contribution in [1.82, 2.24) is 9.55 Å². The van der Waals surface area contributed by atoms with Gasteiger partial charge in [-0.05, 0) is 19.3 Å². The third-order valence-electron chi connectivity index (χ3n) is 3.62. The Morgan fingerprint density at radius 2 is 2.10 bits per heavy atom. The van der Waals surface area contributed by atoms with Gasteiger partial charge in [0.1, 0.15) is 5.84 Å². The normalized spacial score (nSPS) is 23.6. The predicted octanol–water partition coefficient (Wildman–Crippen LogP) is 3.21. The molecule has 1 saturated carbocycles. The molecule has 0 spiro atoms. The fourth-order valence-corrected chi connectivity index (χ4v) is 2.68. The Kier molecular flexibility index (Phi) is 4.17. The molecule has 0 aromatic carbocycles. The second-order valence-corrected chi connectivity index (χ2v) is 5.28. The standard InChI is InChI=1S/C12H14ClF3N4/c13-9-11(18)20(5-4-19-9)10(17)7-2-1-3-8(6-7)12(14,15)16/h4-5,7-8,17-18H,1-3,6H2. The van der Waals surface area contributed by atoms with Crippen LogP contribution in [-0.4, -0.2) is 21.6 Å². The third kappa shape index (κ3) is 3.03. The molecule has 1 heterocycles. The number of rotatable bonds is 1. The van der Waals surface area contributed by atoms with Crippen LogP contribution < -0.4 is 5.49 Å². The maximum atomic E-state index is 12.8. The molecule has 0 amide bonds. The van der Waals surface area contributed by atoms with Gasteiger partial charge in [0, 0.05) is 18.3 Å². The molecule has 2 rings (SSSR count). The van der Waals surface area contributed by atoms with Crippen LogP contribution in [0.25, 0.3) is 0 Å². The number of hydrogen-bond donors (Lipinski definition) is 2. The highest BCUT2D eigenvalue weighted by atomic mass is 35.5. The highest BCUT2D eigenvalue weighted by Crippen LogP contribution is 2.40. The summed E-state index contributed by atoms with van der Waals surface area (Å²) in [5.74, 6) is -1.90. The van der Waals surface area contributed by atoms with Crippen molar-refractivity contribution in [3.63, 3.8) is 0 Å². The van der Waals surface area contributed by atoms with Crippen molar-refractivity contribution < 1.29 is 13.2 Å². The van der Waals surface area contributed by atoms with E-state index >= 15 is 0 Å². The molecule has 1 aliphatic carbocycles. The maximum Gasteiger partial charge on any atom is 0.391 e. The van der Waals surface area contributed by atoms with Gasteiger partial charge in [0.25, 0.3) is 0 Å². The van der Waals surface area contributed by atoms with E-state index in [1.807, 2.05) is 0 Å². The van der Waals surface area contributed by atoms with Crippen LogP contribution in [-0.2, 0) is 0 Å². The molecule has 0 saturated heterocycles. The number of hydrogen-bond acceptors (Lipinski definition) is 3. The lowest BCUT2D eigenvalue weighted by Gasteiger charge is -2.31. The second kappa shape index (κ2) is 5.55. The van der Waals surface area contributed by atoms with E-state index < -0.39 is 18.0 Å². The van der Waals surface area contributed by atoms with Crippen molar-refractivity contribution >= 4 is 17.4 Å². The smallest absolute Gasteiger partial charge is 0.288 e. The summed E-state index contributed by atoms with van der Waals surface area (Å²) in [5, 5.41) is 15.7. The van der Waals surface area contributed by atoms with Gasteiger partial charge < -0.3 is 0 Å². The zero-order valence-corrected chi connectivity index (χ0v) is 11.3. The quantitative estimate of drug-likeness (QED) is 0.607. The summed E-state index contributed by atoms with van der Waals surface area (Å²) in [6.07, 6.45) is -0.532. The van der Waals surface area contributed by atoms with Gasteiger partial charge in [-0.2, -0.15) is 13.2 Å². The molecule has 2 unspecified atom stereocenters. The molecule has 1 fully saturated rings. The summed E-state index contributed by atoms with van der Waals surface area (Å²) >= 11 is 5.70. The first-order valence-electron chi connectivity index (χ1n) is 6.24. The highest BCUT2D eigenvalue weighted by Gasteiger charge is 2.43. The van der Waals surface area contributed by atoms with Gasteiger partial charge in [0.05, 0.1) is 5.92 Å². The molecular weight excluding hydrogens is 293 g/mol. The highest BCUT2D eigenvalue weighted by molar-refractivity contribution is 6.29. The lowest BCUT2D eigenvalue weighted by atomic mass is 9.80. The summed E-state index contributed by atoms with van der Waals surface area (Å²) in [4.78, 5) is 3.70. The Morgan fingerprint density at radius 1 is 1.40 bits per heavy atom. The van der Waals surface area contributed by atoms with E-state index in [2.05, 4.69) is 4.98 Å². The van der Waals surface area contributed by atoms with Crippen molar-refractivity contribution in [2.45, 2.75) is 31.9 Å². The molecule has 0 bridgehead atoms. The van der Waals surface area contributed by atoms with Crippen LogP contribution in [0.4, 0.5) is 13.2 Å². The molecule has 1 aromatic heterocycles. The van der Waals surface area contributed by atoms with E-state index in [0.29, 0.717) is 12.8 Å². The first kappa shape index (κ1) is 15.0. The van der Waals surface area contributed by atoms with E-state index in [1.165, 1.54) is 17.0 Å². The Hall–Kier alpha value is -1.37. The minimum absolute atomic E-state index is 0.0201. The number of halogens is 4. The molecule has 4 nitrogen and oxygen atoms in total. The minimum Gasteiger partial charge on any atom is -0.288 e. The average molecular weight is 307 g/mol. The number of alkyl halides is 3. The molecule has 0 radical (unpaired) electrons. The largest absolute Gasteiger partial charge is 0.391 e. The van der Waals surface area contributed by atoms with E-state index in [4.69, 9.17) is 22.4 Å². The monoisotopic (exact) mass is 306 g/mol.